The summed E-state index contributed by atoms with van der Waals surface area (Å²) in [5, 5.41) is 2.72. The SMILES string of the molecule is CC(OC(=O)C(C)C)OC(=O)N1CC[C@H](NC(=O)OC(C)(C)C)C1. The molecule has 2 atom stereocenters. The van der Waals surface area contributed by atoms with Crippen LogP contribution in [-0.2, 0) is 19.0 Å². The molecule has 24 heavy (non-hydrogen) atoms. The van der Waals surface area contributed by atoms with Crippen LogP contribution in [0.5, 0.6) is 0 Å². The third kappa shape index (κ3) is 7.06. The van der Waals surface area contributed by atoms with E-state index >= 15 is 0 Å². The molecule has 1 N–H and O–H groups in total. The molecule has 0 aromatic carbocycles. The van der Waals surface area contributed by atoms with Gasteiger partial charge in [-0.05, 0) is 27.2 Å². The number of nitrogens with zero attached hydrogens (tertiary/aromatic N) is 1. The fourth-order valence-corrected chi connectivity index (χ4v) is 2.06. The Morgan fingerprint density at radius 1 is 1.12 bits per heavy atom. The molecule has 1 fully saturated rings. The average molecular weight is 344 g/mol. The van der Waals surface area contributed by atoms with Crippen LogP contribution in [0.3, 0.4) is 0 Å². The van der Waals surface area contributed by atoms with Crippen molar-refractivity contribution in [1.29, 1.82) is 0 Å². The topological polar surface area (TPSA) is 94.2 Å². The van der Waals surface area contributed by atoms with E-state index in [1.54, 1.807) is 34.6 Å². The highest BCUT2D eigenvalue weighted by Crippen LogP contribution is 2.14. The maximum absolute atomic E-state index is 12.0. The zero-order valence-corrected chi connectivity index (χ0v) is 15.3. The molecule has 0 saturated carbocycles. The number of carbonyl (C=O) groups is 3. The number of esters is 1. The molecule has 8 heteroatoms. The van der Waals surface area contributed by atoms with Gasteiger partial charge < -0.3 is 24.4 Å². The van der Waals surface area contributed by atoms with Gasteiger partial charge in [0.1, 0.15) is 5.60 Å². The van der Waals surface area contributed by atoms with Crippen LogP contribution in [0.25, 0.3) is 0 Å². The van der Waals surface area contributed by atoms with Gasteiger partial charge in [0.15, 0.2) is 0 Å². The minimum Gasteiger partial charge on any atom is -0.444 e. The Kier molecular flexibility index (Phi) is 6.86. The molecule has 0 aliphatic carbocycles. The number of rotatable bonds is 4. The summed E-state index contributed by atoms with van der Waals surface area (Å²) in [6.45, 7) is 11.0. The van der Waals surface area contributed by atoms with Crippen LogP contribution >= 0.6 is 0 Å². The Bertz CT molecular complexity index is 472. The first-order chi connectivity index (χ1) is 11.0. The highest BCUT2D eigenvalue weighted by Gasteiger charge is 2.30. The molecule has 1 aliphatic rings. The number of ether oxygens (including phenoxy) is 3. The summed E-state index contributed by atoms with van der Waals surface area (Å²) in [7, 11) is 0. The van der Waals surface area contributed by atoms with Crippen molar-refractivity contribution >= 4 is 18.2 Å². The number of amides is 2. The lowest BCUT2D eigenvalue weighted by Gasteiger charge is -2.22. The Labute approximate surface area is 142 Å². The van der Waals surface area contributed by atoms with Crippen molar-refractivity contribution in [3.63, 3.8) is 0 Å². The van der Waals surface area contributed by atoms with E-state index in [4.69, 9.17) is 14.2 Å². The van der Waals surface area contributed by atoms with Gasteiger partial charge in [0.2, 0.25) is 6.29 Å². The fourth-order valence-electron chi connectivity index (χ4n) is 2.06. The molecule has 1 aliphatic heterocycles. The second-order valence-electron chi connectivity index (χ2n) is 7.12. The number of alkyl carbamates (subject to hydrolysis) is 1. The summed E-state index contributed by atoms with van der Waals surface area (Å²) in [6, 6.07) is -0.194. The maximum atomic E-state index is 12.0. The highest BCUT2D eigenvalue weighted by atomic mass is 16.7. The van der Waals surface area contributed by atoms with Crippen LogP contribution in [0.4, 0.5) is 9.59 Å². The van der Waals surface area contributed by atoms with Crippen molar-refractivity contribution in [2.75, 3.05) is 13.1 Å². The number of hydrogen-bond acceptors (Lipinski definition) is 6. The van der Waals surface area contributed by atoms with Gasteiger partial charge in [-0.1, -0.05) is 13.8 Å². The summed E-state index contributed by atoms with van der Waals surface area (Å²) < 4.78 is 15.3. The Hall–Kier alpha value is -1.99. The minimum absolute atomic E-state index is 0.194. The molecule has 1 saturated heterocycles. The molecule has 138 valence electrons. The molecule has 0 aromatic rings. The summed E-state index contributed by atoms with van der Waals surface area (Å²) in [4.78, 5) is 36.7. The van der Waals surface area contributed by atoms with E-state index in [0.29, 0.717) is 19.5 Å². The lowest BCUT2D eigenvalue weighted by molar-refractivity contribution is -0.169. The molecule has 2 amide bonds. The second kappa shape index (κ2) is 8.21. The van der Waals surface area contributed by atoms with Gasteiger partial charge in [-0.3, -0.25) is 4.79 Å². The van der Waals surface area contributed by atoms with Crippen molar-refractivity contribution in [3.05, 3.63) is 0 Å². The molecule has 1 unspecified atom stereocenters. The number of carbonyl (C=O) groups excluding carboxylic acids is 3. The number of hydrogen-bond donors (Lipinski definition) is 1. The van der Waals surface area contributed by atoms with E-state index in [1.165, 1.54) is 11.8 Å². The lowest BCUT2D eigenvalue weighted by atomic mass is 10.2. The monoisotopic (exact) mass is 344 g/mol. The van der Waals surface area contributed by atoms with Crippen molar-refractivity contribution in [3.8, 4) is 0 Å². The summed E-state index contributed by atoms with van der Waals surface area (Å²) in [5.74, 6) is -0.721. The van der Waals surface area contributed by atoms with Crippen LogP contribution < -0.4 is 5.32 Å². The van der Waals surface area contributed by atoms with Crippen LogP contribution in [0.2, 0.25) is 0 Å². The number of nitrogens with one attached hydrogen (secondary N) is 1. The Balaban J connectivity index is 2.38. The van der Waals surface area contributed by atoms with E-state index in [9.17, 15) is 14.4 Å². The van der Waals surface area contributed by atoms with Gasteiger partial charge >= 0.3 is 18.2 Å². The van der Waals surface area contributed by atoms with Gasteiger partial charge in [-0.2, -0.15) is 0 Å². The first-order valence-electron chi connectivity index (χ1n) is 8.13. The first kappa shape index (κ1) is 20.1. The average Bonchev–Trinajstić information content (AvgIpc) is 2.84. The van der Waals surface area contributed by atoms with Crippen molar-refractivity contribution in [1.82, 2.24) is 10.2 Å². The predicted octanol–water partition coefficient (Wildman–Crippen LogP) is 2.27. The van der Waals surface area contributed by atoms with E-state index in [1.807, 2.05) is 0 Å². The quantitative estimate of drug-likeness (QED) is 0.621. The molecule has 1 rings (SSSR count). The Morgan fingerprint density at radius 2 is 1.75 bits per heavy atom. The molecule has 1 heterocycles. The molecule has 0 radical (unpaired) electrons. The summed E-state index contributed by atoms with van der Waals surface area (Å²) >= 11 is 0. The largest absolute Gasteiger partial charge is 0.444 e. The molecule has 8 nitrogen and oxygen atoms in total. The Morgan fingerprint density at radius 3 is 2.29 bits per heavy atom. The molecular weight excluding hydrogens is 316 g/mol. The highest BCUT2D eigenvalue weighted by molar-refractivity contribution is 5.72. The second-order valence-corrected chi connectivity index (χ2v) is 7.12. The van der Waals surface area contributed by atoms with Gasteiger partial charge in [-0.15, -0.1) is 0 Å². The van der Waals surface area contributed by atoms with E-state index < -0.39 is 30.0 Å². The van der Waals surface area contributed by atoms with E-state index in [2.05, 4.69) is 5.32 Å². The van der Waals surface area contributed by atoms with Gasteiger partial charge in [0.05, 0.1) is 12.0 Å². The molecule has 0 bridgehead atoms. The standard InChI is InChI=1S/C16H28N2O6/c1-10(2)13(19)22-11(3)23-15(21)18-8-7-12(9-18)17-14(20)24-16(4,5)6/h10-12H,7-9H2,1-6H3,(H,17,20)/t11?,12-/m0/s1. The fraction of sp³-hybridized carbons (Fsp3) is 0.812. The van der Waals surface area contributed by atoms with Crippen molar-refractivity contribution in [2.45, 2.75) is 65.9 Å². The van der Waals surface area contributed by atoms with E-state index in [-0.39, 0.29) is 12.0 Å². The van der Waals surface area contributed by atoms with Crippen LogP contribution in [0.1, 0.15) is 48.0 Å². The normalized spacial score (nSPS) is 19.0. The van der Waals surface area contributed by atoms with Crippen LogP contribution in [0.15, 0.2) is 0 Å². The molecular formula is C16H28N2O6. The smallest absolute Gasteiger partial charge is 0.412 e. The molecule has 0 aromatic heterocycles. The minimum atomic E-state index is -0.953. The van der Waals surface area contributed by atoms with Gasteiger partial charge in [-0.25, -0.2) is 9.59 Å². The maximum Gasteiger partial charge on any atom is 0.412 e. The van der Waals surface area contributed by atoms with Crippen molar-refractivity contribution in [2.24, 2.45) is 5.92 Å². The van der Waals surface area contributed by atoms with E-state index in [0.717, 1.165) is 0 Å². The third-order valence-corrected chi connectivity index (χ3v) is 3.19. The van der Waals surface area contributed by atoms with Gasteiger partial charge in [0, 0.05) is 20.0 Å². The first-order valence-corrected chi connectivity index (χ1v) is 8.13. The third-order valence-electron chi connectivity index (χ3n) is 3.19. The molecule has 0 spiro atoms. The zero-order valence-electron chi connectivity index (χ0n) is 15.3. The number of likely N-dealkylation sites (tertiary alicyclic amines) is 1. The lowest BCUT2D eigenvalue weighted by Crippen LogP contribution is -2.41. The van der Waals surface area contributed by atoms with Gasteiger partial charge in [0.25, 0.3) is 0 Å². The van der Waals surface area contributed by atoms with Crippen LogP contribution in [0, 0.1) is 5.92 Å². The summed E-state index contributed by atoms with van der Waals surface area (Å²) in [6.07, 6.45) is -1.44. The zero-order chi connectivity index (χ0) is 18.5. The summed E-state index contributed by atoms with van der Waals surface area (Å²) in [5.41, 5.74) is -0.572. The predicted molar refractivity (Wildman–Crippen MR) is 86.2 cm³/mol. The van der Waals surface area contributed by atoms with Crippen molar-refractivity contribution < 1.29 is 28.6 Å². The van der Waals surface area contributed by atoms with Crippen LogP contribution in [-0.4, -0.2) is 54.1 Å².